The molecule has 1 N–H and O–H groups in total. The highest BCUT2D eigenvalue weighted by Crippen LogP contribution is 2.28. The molecule has 124 valence electrons. The van der Waals surface area contributed by atoms with Gasteiger partial charge in [-0.05, 0) is 49.3 Å². The molecule has 3 heteroatoms. The van der Waals surface area contributed by atoms with E-state index in [0.717, 1.165) is 37.7 Å². The molecule has 1 heterocycles. The van der Waals surface area contributed by atoms with Crippen molar-refractivity contribution in [3.63, 3.8) is 0 Å². The fraction of sp³-hybridized carbons (Fsp3) is 0.684. The molecule has 1 saturated heterocycles. The van der Waals surface area contributed by atoms with Gasteiger partial charge in [0.2, 0.25) is 0 Å². The van der Waals surface area contributed by atoms with Gasteiger partial charge in [-0.1, -0.05) is 39.0 Å². The molecule has 1 aromatic carbocycles. The fourth-order valence-corrected chi connectivity index (χ4v) is 3.23. The topological polar surface area (TPSA) is 32.7 Å². The average Bonchev–Trinajstić information content (AvgIpc) is 2.52. The van der Waals surface area contributed by atoms with E-state index in [2.05, 4.69) is 37.8 Å². The van der Waals surface area contributed by atoms with Crippen molar-refractivity contribution in [3.05, 3.63) is 29.8 Å². The number of hydrogen-bond acceptors (Lipinski definition) is 3. The Balaban J connectivity index is 1.84. The van der Waals surface area contributed by atoms with Gasteiger partial charge in [-0.15, -0.1) is 0 Å². The van der Waals surface area contributed by atoms with Crippen LogP contribution in [0.4, 0.5) is 0 Å². The van der Waals surface area contributed by atoms with E-state index in [4.69, 9.17) is 4.74 Å². The zero-order valence-corrected chi connectivity index (χ0v) is 14.3. The van der Waals surface area contributed by atoms with Gasteiger partial charge in [-0.2, -0.15) is 0 Å². The number of para-hydroxylation sites is 1. The molecule has 22 heavy (non-hydrogen) atoms. The second-order valence-corrected chi connectivity index (χ2v) is 6.82. The summed E-state index contributed by atoms with van der Waals surface area (Å²) in [6.07, 6.45) is 3.22. The van der Waals surface area contributed by atoms with E-state index in [1.807, 2.05) is 12.1 Å². The molecule has 3 atom stereocenters. The van der Waals surface area contributed by atoms with Gasteiger partial charge in [-0.25, -0.2) is 0 Å². The Bertz CT molecular complexity index is 449. The molecule has 0 spiro atoms. The summed E-state index contributed by atoms with van der Waals surface area (Å²) in [6, 6.07) is 8.19. The number of rotatable bonds is 7. The Labute approximate surface area is 135 Å². The fourth-order valence-electron chi connectivity index (χ4n) is 3.23. The highest BCUT2D eigenvalue weighted by molar-refractivity contribution is 5.35. The summed E-state index contributed by atoms with van der Waals surface area (Å²) in [5, 5.41) is 10.3. The lowest BCUT2D eigenvalue weighted by Crippen LogP contribution is -2.41. The molecule has 0 radical (unpaired) electrons. The second-order valence-electron chi connectivity index (χ2n) is 6.82. The van der Waals surface area contributed by atoms with E-state index < -0.39 is 6.10 Å². The van der Waals surface area contributed by atoms with E-state index in [1.165, 1.54) is 18.4 Å². The first-order chi connectivity index (χ1) is 10.6. The molecular formula is C19H31NO2. The summed E-state index contributed by atoms with van der Waals surface area (Å²) in [4.78, 5) is 2.36. The van der Waals surface area contributed by atoms with Crippen molar-refractivity contribution in [2.24, 2.45) is 5.92 Å². The van der Waals surface area contributed by atoms with Crippen LogP contribution in [0.1, 0.15) is 51.5 Å². The number of benzene rings is 1. The van der Waals surface area contributed by atoms with Gasteiger partial charge in [0.05, 0.1) is 0 Å². The number of ether oxygens (including phenoxy) is 1. The number of hydrogen-bond donors (Lipinski definition) is 1. The lowest BCUT2D eigenvalue weighted by Gasteiger charge is -2.32. The summed E-state index contributed by atoms with van der Waals surface area (Å²) in [5.41, 5.74) is 1.24. The van der Waals surface area contributed by atoms with Gasteiger partial charge < -0.3 is 14.7 Å². The zero-order chi connectivity index (χ0) is 15.9. The third kappa shape index (κ3) is 4.99. The Morgan fingerprint density at radius 3 is 2.86 bits per heavy atom. The zero-order valence-electron chi connectivity index (χ0n) is 14.3. The molecule has 0 bridgehead atoms. The third-order valence-electron chi connectivity index (χ3n) is 4.70. The van der Waals surface area contributed by atoms with Gasteiger partial charge in [0.15, 0.2) is 0 Å². The second kappa shape index (κ2) is 8.54. The van der Waals surface area contributed by atoms with Crippen molar-refractivity contribution in [1.82, 2.24) is 4.90 Å². The molecule has 0 unspecified atom stereocenters. The molecule has 1 aromatic rings. The average molecular weight is 305 g/mol. The van der Waals surface area contributed by atoms with Gasteiger partial charge >= 0.3 is 0 Å². The van der Waals surface area contributed by atoms with Crippen molar-refractivity contribution in [1.29, 1.82) is 0 Å². The van der Waals surface area contributed by atoms with Gasteiger partial charge in [0.1, 0.15) is 18.5 Å². The van der Waals surface area contributed by atoms with E-state index >= 15 is 0 Å². The summed E-state index contributed by atoms with van der Waals surface area (Å²) in [6.45, 7) is 9.98. The summed E-state index contributed by atoms with van der Waals surface area (Å²) >= 11 is 0. The number of likely N-dealkylation sites (tertiary alicyclic amines) is 1. The highest BCUT2D eigenvalue weighted by Gasteiger charge is 2.19. The van der Waals surface area contributed by atoms with Crippen molar-refractivity contribution in [2.45, 2.75) is 52.1 Å². The van der Waals surface area contributed by atoms with Crippen molar-refractivity contribution in [3.8, 4) is 5.75 Å². The molecule has 3 nitrogen and oxygen atoms in total. The summed E-state index contributed by atoms with van der Waals surface area (Å²) in [7, 11) is 0. The van der Waals surface area contributed by atoms with Crippen LogP contribution in [0.25, 0.3) is 0 Å². The number of aliphatic hydroxyl groups excluding tert-OH is 1. The number of aliphatic hydroxyl groups is 1. The maximum Gasteiger partial charge on any atom is 0.122 e. The minimum atomic E-state index is -0.421. The standard InChI is InChI=1S/C19H31NO2/c1-4-16(3)18-9-5-6-10-19(18)22-14-17(21)13-20-11-7-8-15(2)12-20/h5-6,9-10,15-17,21H,4,7-8,11-14H2,1-3H3/t15-,16+,17+/m1/s1. The third-order valence-corrected chi connectivity index (χ3v) is 4.70. The molecule has 1 fully saturated rings. The number of β-amino-alcohol motifs (C(OH)–C–C–N with tert-alkyl or cyclic N) is 1. The predicted octanol–water partition coefficient (Wildman–Crippen LogP) is 3.67. The van der Waals surface area contributed by atoms with Gasteiger partial charge in [0.25, 0.3) is 0 Å². The molecule has 0 amide bonds. The molecule has 2 rings (SSSR count). The van der Waals surface area contributed by atoms with E-state index in [9.17, 15) is 5.11 Å². The molecule has 0 aromatic heterocycles. The van der Waals surface area contributed by atoms with Crippen molar-refractivity contribution >= 4 is 0 Å². The largest absolute Gasteiger partial charge is 0.491 e. The normalized spacial score (nSPS) is 22.3. The van der Waals surface area contributed by atoms with Crippen LogP contribution < -0.4 is 4.74 Å². The molecular weight excluding hydrogens is 274 g/mol. The van der Waals surface area contributed by atoms with Crippen LogP contribution in [-0.4, -0.2) is 42.4 Å². The van der Waals surface area contributed by atoms with Crippen LogP contribution in [0, 0.1) is 5.92 Å². The van der Waals surface area contributed by atoms with E-state index in [1.54, 1.807) is 0 Å². The first kappa shape index (κ1) is 17.3. The summed E-state index contributed by atoms with van der Waals surface area (Å²) in [5.74, 6) is 2.15. The Hall–Kier alpha value is -1.06. The molecule has 0 saturated carbocycles. The Kier molecular flexibility index (Phi) is 6.71. The lowest BCUT2D eigenvalue weighted by atomic mass is 9.98. The monoisotopic (exact) mass is 305 g/mol. The first-order valence-corrected chi connectivity index (χ1v) is 8.72. The van der Waals surface area contributed by atoms with Crippen LogP contribution in [0.15, 0.2) is 24.3 Å². The van der Waals surface area contributed by atoms with Crippen LogP contribution in [0.3, 0.4) is 0 Å². The summed E-state index contributed by atoms with van der Waals surface area (Å²) < 4.78 is 5.91. The van der Waals surface area contributed by atoms with E-state index in [-0.39, 0.29) is 0 Å². The smallest absolute Gasteiger partial charge is 0.122 e. The van der Waals surface area contributed by atoms with Gasteiger partial charge in [0, 0.05) is 13.1 Å². The minimum Gasteiger partial charge on any atom is -0.491 e. The Morgan fingerprint density at radius 2 is 2.14 bits per heavy atom. The number of nitrogens with zero attached hydrogens (tertiary/aromatic N) is 1. The SMILES string of the molecule is CC[C@H](C)c1ccccc1OC[C@@H](O)CN1CCC[C@@H](C)C1. The van der Waals surface area contributed by atoms with E-state index in [0.29, 0.717) is 12.5 Å². The van der Waals surface area contributed by atoms with Crippen molar-refractivity contribution < 1.29 is 9.84 Å². The van der Waals surface area contributed by atoms with Crippen LogP contribution in [-0.2, 0) is 0 Å². The maximum absolute atomic E-state index is 10.3. The van der Waals surface area contributed by atoms with Crippen LogP contribution >= 0.6 is 0 Å². The highest BCUT2D eigenvalue weighted by atomic mass is 16.5. The van der Waals surface area contributed by atoms with Crippen molar-refractivity contribution in [2.75, 3.05) is 26.2 Å². The maximum atomic E-state index is 10.3. The predicted molar refractivity (Wildman–Crippen MR) is 91.5 cm³/mol. The van der Waals surface area contributed by atoms with Crippen LogP contribution in [0.5, 0.6) is 5.75 Å². The number of piperidine rings is 1. The van der Waals surface area contributed by atoms with Gasteiger partial charge in [-0.3, -0.25) is 0 Å². The molecule has 0 aliphatic carbocycles. The first-order valence-electron chi connectivity index (χ1n) is 8.72. The minimum absolute atomic E-state index is 0.373. The lowest BCUT2D eigenvalue weighted by molar-refractivity contribution is 0.0534. The van der Waals surface area contributed by atoms with Crippen LogP contribution in [0.2, 0.25) is 0 Å². The quantitative estimate of drug-likeness (QED) is 0.834. The molecule has 1 aliphatic heterocycles. The Morgan fingerprint density at radius 1 is 1.36 bits per heavy atom. The molecule has 1 aliphatic rings.